The first-order valence-electron chi connectivity index (χ1n) is 5.98. The van der Waals surface area contributed by atoms with Gasteiger partial charge in [-0.1, -0.05) is 12.5 Å². The molecule has 2 nitrogen and oxygen atoms in total. The summed E-state index contributed by atoms with van der Waals surface area (Å²) in [7, 11) is 2.01. The summed E-state index contributed by atoms with van der Waals surface area (Å²) in [5, 5.41) is 0. The molecule has 0 amide bonds. The van der Waals surface area contributed by atoms with Crippen LogP contribution < -0.4 is 5.73 Å². The van der Waals surface area contributed by atoms with Crippen molar-refractivity contribution >= 4 is 0 Å². The van der Waals surface area contributed by atoms with Gasteiger partial charge in [0.05, 0.1) is 0 Å². The van der Waals surface area contributed by atoms with Gasteiger partial charge >= 0.3 is 0 Å². The summed E-state index contributed by atoms with van der Waals surface area (Å²) in [6, 6.07) is 3.75. The second kappa shape index (κ2) is 5.10. The van der Waals surface area contributed by atoms with E-state index in [0.29, 0.717) is 18.2 Å². The third-order valence-electron chi connectivity index (χ3n) is 3.54. The van der Waals surface area contributed by atoms with E-state index in [1.54, 1.807) is 0 Å². The topological polar surface area (TPSA) is 29.3 Å². The summed E-state index contributed by atoms with van der Waals surface area (Å²) in [6.07, 6.45) is 3.64. The predicted molar refractivity (Wildman–Crippen MR) is 63.6 cm³/mol. The van der Waals surface area contributed by atoms with Crippen LogP contribution in [0, 0.1) is 11.6 Å². The van der Waals surface area contributed by atoms with Crippen molar-refractivity contribution in [1.82, 2.24) is 4.90 Å². The normalized spacial score (nSPS) is 18.2. The highest BCUT2D eigenvalue weighted by atomic mass is 19.1. The number of hydrogen-bond acceptors (Lipinski definition) is 2. The van der Waals surface area contributed by atoms with Crippen molar-refractivity contribution in [1.29, 1.82) is 0 Å². The average molecular weight is 240 g/mol. The van der Waals surface area contributed by atoms with Gasteiger partial charge in [-0.2, -0.15) is 0 Å². The second-order valence-electron chi connectivity index (χ2n) is 4.80. The van der Waals surface area contributed by atoms with E-state index in [1.165, 1.54) is 31.4 Å². The van der Waals surface area contributed by atoms with Crippen molar-refractivity contribution in [2.75, 3.05) is 13.6 Å². The van der Waals surface area contributed by atoms with Gasteiger partial charge in [0, 0.05) is 30.3 Å². The molecule has 0 spiro atoms. The molecule has 1 aliphatic carbocycles. The fourth-order valence-electron chi connectivity index (χ4n) is 2.19. The van der Waals surface area contributed by atoms with E-state index >= 15 is 0 Å². The Morgan fingerprint density at radius 3 is 2.65 bits per heavy atom. The maximum atomic E-state index is 13.5. The van der Waals surface area contributed by atoms with Crippen LogP contribution in [0.25, 0.3) is 0 Å². The summed E-state index contributed by atoms with van der Waals surface area (Å²) in [5.41, 5.74) is 6.35. The van der Waals surface area contributed by atoms with E-state index in [4.69, 9.17) is 5.73 Å². The van der Waals surface area contributed by atoms with Crippen molar-refractivity contribution in [3.8, 4) is 0 Å². The first-order valence-corrected chi connectivity index (χ1v) is 5.98. The molecule has 1 atom stereocenters. The molecule has 17 heavy (non-hydrogen) atoms. The molecule has 1 unspecified atom stereocenters. The fourth-order valence-corrected chi connectivity index (χ4v) is 2.19. The molecule has 1 aliphatic rings. The number of rotatable bonds is 4. The SMILES string of the molecule is CN(CC(N)c1ccc(F)cc1F)C1CCC1. The van der Waals surface area contributed by atoms with E-state index in [-0.39, 0.29) is 0 Å². The van der Waals surface area contributed by atoms with E-state index in [0.717, 1.165) is 6.07 Å². The number of nitrogens with zero attached hydrogens (tertiary/aromatic N) is 1. The van der Waals surface area contributed by atoms with E-state index in [2.05, 4.69) is 4.90 Å². The molecule has 0 aromatic heterocycles. The van der Waals surface area contributed by atoms with Crippen molar-refractivity contribution in [3.05, 3.63) is 35.4 Å². The van der Waals surface area contributed by atoms with Crippen molar-refractivity contribution < 1.29 is 8.78 Å². The predicted octanol–water partition coefficient (Wildman–Crippen LogP) is 2.45. The van der Waals surface area contributed by atoms with Crippen LogP contribution in [0.5, 0.6) is 0 Å². The second-order valence-corrected chi connectivity index (χ2v) is 4.80. The molecule has 1 aromatic carbocycles. The largest absolute Gasteiger partial charge is 0.323 e. The highest BCUT2D eigenvalue weighted by Gasteiger charge is 2.24. The Morgan fingerprint density at radius 1 is 1.41 bits per heavy atom. The van der Waals surface area contributed by atoms with Gasteiger partial charge in [0.1, 0.15) is 11.6 Å². The van der Waals surface area contributed by atoms with Gasteiger partial charge in [-0.25, -0.2) is 8.78 Å². The van der Waals surface area contributed by atoms with Gasteiger partial charge in [-0.15, -0.1) is 0 Å². The Labute approximate surface area is 100 Å². The first kappa shape index (κ1) is 12.5. The van der Waals surface area contributed by atoms with Gasteiger partial charge in [0.15, 0.2) is 0 Å². The zero-order valence-electron chi connectivity index (χ0n) is 10.00. The number of nitrogens with two attached hydrogens (primary N) is 1. The molecule has 0 bridgehead atoms. The average Bonchev–Trinajstić information content (AvgIpc) is 2.13. The monoisotopic (exact) mass is 240 g/mol. The van der Waals surface area contributed by atoms with Gasteiger partial charge in [-0.3, -0.25) is 0 Å². The van der Waals surface area contributed by atoms with Gasteiger partial charge in [0.2, 0.25) is 0 Å². The Balaban J connectivity index is 2.00. The number of benzene rings is 1. The lowest BCUT2D eigenvalue weighted by molar-refractivity contribution is 0.151. The maximum Gasteiger partial charge on any atom is 0.130 e. The summed E-state index contributed by atoms with van der Waals surface area (Å²) < 4.78 is 26.3. The van der Waals surface area contributed by atoms with Crippen LogP contribution in [0.4, 0.5) is 8.78 Å². The third-order valence-corrected chi connectivity index (χ3v) is 3.54. The van der Waals surface area contributed by atoms with E-state index in [1.807, 2.05) is 7.05 Å². The lowest BCUT2D eigenvalue weighted by Crippen LogP contribution is -2.41. The molecule has 0 heterocycles. The molecule has 1 aromatic rings. The first-order chi connectivity index (χ1) is 8.08. The Kier molecular flexibility index (Phi) is 3.74. The van der Waals surface area contributed by atoms with Crippen LogP contribution in [0.2, 0.25) is 0 Å². The van der Waals surface area contributed by atoms with Crippen LogP contribution in [0.1, 0.15) is 30.9 Å². The van der Waals surface area contributed by atoms with Crippen molar-refractivity contribution in [2.45, 2.75) is 31.3 Å². The maximum absolute atomic E-state index is 13.5. The molecule has 2 rings (SSSR count). The van der Waals surface area contributed by atoms with Crippen molar-refractivity contribution in [2.24, 2.45) is 5.73 Å². The molecule has 1 fully saturated rings. The summed E-state index contributed by atoms with van der Waals surface area (Å²) in [6.45, 7) is 0.604. The van der Waals surface area contributed by atoms with Crippen LogP contribution in [0.3, 0.4) is 0 Å². The molecule has 1 saturated carbocycles. The lowest BCUT2D eigenvalue weighted by atomic mass is 9.91. The van der Waals surface area contributed by atoms with Crippen LogP contribution in [0.15, 0.2) is 18.2 Å². The minimum Gasteiger partial charge on any atom is -0.323 e. The Morgan fingerprint density at radius 2 is 2.12 bits per heavy atom. The highest BCUT2D eigenvalue weighted by molar-refractivity contribution is 5.22. The molecule has 0 radical (unpaired) electrons. The summed E-state index contributed by atoms with van der Waals surface area (Å²) in [4.78, 5) is 2.16. The molecule has 0 aliphatic heterocycles. The fraction of sp³-hybridized carbons (Fsp3) is 0.538. The molecular formula is C13H18F2N2. The minimum absolute atomic E-state index is 0.387. The molecule has 0 saturated heterocycles. The van der Waals surface area contributed by atoms with Gasteiger partial charge in [0.25, 0.3) is 0 Å². The Bertz CT molecular complexity index is 391. The molecule has 94 valence electrons. The summed E-state index contributed by atoms with van der Waals surface area (Å²) in [5.74, 6) is -1.12. The highest BCUT2D eigenvalue weighted by Crippen LogP contribution is 2.25. The number of halogens is 2. The van der Waals surface area contributed by atoms with E-state index in [9.17, 15) is 8.78 Å². The zero-order chi connectivity index (χ0) is 12.4. The van der Waals surface area contributed by atoms with Gasteiger partial charge < -0.3 is 10.6 Å². The standard InChI is InChI=1S/C13H18F2N2/c1-17(10-3-2-4-10)8-13(16)11-6-5-9(14)7-12(11)15/h5-7,10,13H,2-4,8,16H2,1H3. The summed E-state index contributed by atoms with van der Waals surface area (Å²) >= 11 is 0. The molecule has 2 N–H and O–H groups in total. The number of hydrogen-bond donors (Lipinski definition) is 1. The molecular weight excluding hydrogens is 222 g/mol. The van der Waals surface area contributed by atoms with E-state index < -0.39 is 17.7 Å². The quantitative estimate of drug-likeness (QED) is 0.876. The lowest BCUT2D eigenvalue weighted by Gasteiger charge is -2.36. The van der Waals surface area contributed by atoms with Crippen molar-refractivity contribution in [3.63, 3.8) is 0 Å². The third kappa shape index (κ3) is 2.82. The minimum atomic E-state index is -0.564. The van der Waals surface area contributed by atoms with Crippen LogP contribution in [-0.2, 0) is 0 Å². The molecule has 4 heteroatoms. The van der Waals surface area contributed by atoms with Crippen LogP contribution in [-0.4, -0.2) is 24.5 Å². The number of likely N-dealkylation sites (N-methyl/N-ethyl adjacent to an activating group) is 1. The van der Waals surface area contributed by atoms with Crippen LogP contribution >= 0.6 is 0 Å². The van der Waals surface area contributed by atoms with Gasteiger partial charge in [-0.05, 0) is 26.0 Å². The zero-order valence-corrected chi connectivity index (χ0v) is 10.00. The Hall–Kier alpha value is -1.00. The smallest absolute Gasteiger partial charge is 0.130 e.